The normalized spacial score (nSPS) is 19.3. The summed E-state index contributed by atoms with van der Waals surface area (Å²) in [5, 5.41) is 6.58. The molecule has 104 valence electrons. The van der Waals surface area contributed by atoms with Crippen LogP contribution in [0.2, 0.25) is 0 Å². The molecule has 1 aliphatic heterocycles. The molecule has 2 rings (SSSR count). The molecule has 0 unspecified atom stereocenters. The van der Waals surface area contributed by atoms with E-state index in [9.17, 15) is 4.79 Å². The molecule has 0 aliphatic carbocycles. The van der Waals surface area contributed by atoms with Gasteiger partial charge in [-0.2, -0.15) is 0 Å². The van der Waals surface area contributed by atoms with Crippen LogP contribution < -0.4 is 10.6 Å². The lowest BCUT2D eigenvalue weighted by Crippen LogP contribution is -2.53. The van der Waals surface area contributed by atoms with Crippen LogP contribution in [0.1, 0.15) is 18.1 Å². The molecule has 1 aromatic carbocycles. The van der Waals surface area contributed by atoms with Crippen molar-refractivity contribution in [3.05, 3.63) is 29.3 Å². The summed E-state index contributed by atoms with van der Waals surface area (Å²) in [5.41, 5.74) is 3.45. The smallest absolute Gasteiger partial charge is 0.242 e. The molecule has 1 aromatic rings. The Kier molecular flexibility index (Phi) is 4.43. The van der Waals surface area contributed by atoms with E-state index in [0.717, 1.165) is 25.3 Å². The predicted octanol–water partition coefficient (Wildman–Crippen LogP) is 1.54. The highest BCUT2D eigenvalue weighted by Crippen LogP contribution is 2.19. The summed E-state index contributed by atoms with van der Waals surface area (Å²) in [4.78, 5) is 14.2. The Morgan fingerprint density at radius 2 is 2.11 bits per heavy atom. The van der Waals surface area contributed by atoms with Gasteiger partial charge in [0.15, 0.2) is 0 Å². The second-order valence-electron chi connectivity index (χ2n) is 5.26. The van der Waals surface area contributed by atoms with E-state index in [-0.39, 0.29) is 11.9 Å². The minimum atomic E-state index is 0.177. The maximum absolute atomic E-state index is 12.2. The molecule has 4 nitrogen and oxygen atoms in total. The average Bonchev–Trinajstić information content (AvgIpc) is 2.38. The largest absolute Gasteiger partial charge is 0.376 e. The SMILES string of the molecule is Cc1cccc(C)c1NCC(=O)N1CCNC[C@H]1C. The van der Waals surface area contributed by atoms with Gasteiger partial charge in [-0.3, -0.25) is 4.79 Å². The Labute approximate surface area is 115 Å². The van der Waals surface area contributed by atoms with Gasteiger partial charge in [0.1, 0.15) is 0 Å². The molecule has 1 saturated heterocycles. The molecular weight excluding hydrogens is 238 g/mol. The van der Waals surface area contributed by atoms with Crippen LogP contribution >= 0.6 is 0 Å². The number of amides is 1. The number of nitrogens with one attached hydrogen (secondary N) is 2. The van der Waals surface area contributed by atoms with E-state index in [1.54, 1.807) is 0 Å². The van der Waals surface area contributed by atoms with Gasteiger partial charge in [-0.05, 0) is 31.9 Å². The highest BCUT2D eigenvalue weighted by molar-refractivity contribution is 5.81. The Morgan fingerprint density at radius 1 is 1.42 bits per heavy atom. The Morgan fingerprint density at radius 3 is 2.74 bits per heavy atom. The number of aryl methyl sites for hydroxylation is 2. The highest BCUT2D eigenvalue weighted by atomic mass is 16.2. The van der Waals surface area contributed by atoms with Crippen LogP contribution in [0.5, 0.6) is 0 Å². The molecule has 1 heterocycles. The van der Waals surface area contributed by atoms with Gasteiger partial charge < -0.3 is 15.5 Å². The zero-order valence-electron chi connectivity index (χ0n) is 12.0. The molecule has 0 bridgehead atoms. The van der Waals surface area contributed by atoms with E-state index in [1.165, 1.54) is 11.1 Å². The second kappa shape index (κ2) is 6.06. The molecule has 1 fully saturated rings. The molecule has 19 heavy (non-hydrogen) atoms. The molecule has 4 heteroatoms. The maximum Gasteiger partial charge on any atom is 0.242 e. The third kappa shape index (κ3) is 3.26. The van der Waals surface area contributed by atoms with E-state index in [1.807, 2.05) is 11.0 Å². The number of nitrogens with zero attached hydrogens (tertiary/aromatic N) is 1. The van der Waals surface area contributed by atoms with E-state index in [2.05, 4.69) is 43.5 Å². The van der Waals surface area contributed by atoms with Crippen molar-refractivity contribution in [1.82, 2.24) is 10.2 Å². The summed E-state index contributed by atoms with van der Waals surface area (Å²) >= 11 is 0. The number of rotatable bonds is 3. The number of piperazine rings is 1. The van der Waals surface area contributed by atoms with Gasteiger partial charge in [-0.1, -0.05) is 18.2 Å². The number of carbonyl (C=O) groups is 1. The summed E-state index contributed by atoms with van der Waals surface area (Å²) in [7, 11) is 0. The van der Waals surface area contributed by atoms with Crippen molar-refractivity contribution in [3.8, 4) is 0 Å². The van der Waals surface area contributed by atoms with Crippen molar-refractivity contribution in [2.45, 2.75) is 26.8 Å². The van der Waals surface area contributed by atoms with Crippen LogP contribution in [0.4, 0.5) is 5.69 Å². The first kappa shape index (κ1) is 13.9. The first-order valence-electron chi connectivity index (χ1n) is 6.90. The Bertz CT molecular complexity index is 438. The van der Waals surface area contributed by atoms with E-state index >= 15 is 0 Å². The van der Waals surface area contributed by atoms with Gasteiger partial charge in [0, 0.05) is 31.4 Å². The monoisotopic (exact) mass is 261 g/mol. The summed E-state index contributed by atoms with van der Waals surface area (Å²) in [6.45, 7) is 9.16. The Balaban J connectivity index is 1.96. The number of carbonyl (C=O) groups excluding carboxylic acids is 1. The summed E-state index contributed by atoms with van der Waals surface area (Å²) in [6, 6.07) is 6.44. The van der Waals surface area contributed by atoms with Crippen LogP contribution in [-0.4, -0.2) is 43.0 Å². The predicted molar refractivity (Wildman–Crippen MR) is 78.5 cm³/mol. The summed E-state index contributed by atoms with van der Waals surface area (Å²) in [5.74, 6) is 0.177. The lowest BCUT2D eigenvalue weighted by atomic mass is 10.1. The summed E-state index contributed by atoms with van der Waals surface area (Å²) in [6.07, 6.45) is 0. The molecule has 0 radical (unpaired) electrons. The molecule has 1 aliphatic rings. The second-order valence-corrected chi connectivity index (χ2v) is 5.26. The lowest BCUT2D eigenvalue weighted by molar-refractivity contribution is -0.132. The third-order valence-electron chi connectivity index (χ3n) is 3.72. The fourth-order valence-corrected chi connectivity index (χ4v) is 2.57. The number of benzene rings is 1. The fraction of sp³-hybridized carbons (Fsp3) is 0.533. The summed E-state index contributed by atoms with van der Waals surface area (Å²) < 4.78 is 0. The first-order chi connectivity index (χ1) is 9.09. The average molecular weight is 261 g/mol. The Hall–Kier alpha value is -1.55. The number of hydrogen-bond acceptors (Lipinski definition) is 3. The van der Waals surface area contributed by atoms with E-state index < -0.39 is 0 Å². The van der Waals surface area contributed by atoms with Gasteiger partial charge in [-0.15, -0.1) is 0 Å². The van der Waals surface area contributed by atoms with Crippen molar-refractivity contribution < 1.29 is 4.79 Å². The standard InChI is InChI=1S/C15H23N3O/c1-11-5-4-6-12(2)15(11)17-10-14(19)18-8-7-16-9-13(18)3/h4-6,13,16-17H,7-10H2,1-3H3/t13-/m1/s1. The van der Waals surface area contributed by atoms with E-state index in [4.69, 9.17) is 0 Å². The molecule has 2 N–H and O–H groups in total. The van der Waals surface area contributed by atoms with Crippen LogP contribution in [0.3, 0.4) is 0 Å². The number of hydrogen-bond donors (Lipinski definition) is 2. The lowest BCUT2D eigenvalue weighted by Gasteiger charge is -2.34. The van der Waals surface area contributed by atoms with Crippen LogP contribution in [0, 0.1) is 13.8 Å². The van der Waals surface area contributed by atoms with E-state index in [0.29, 0.717) is 6.54 Å². The van der Waals surface area contributed by atoms with Crippen molar-refractivity contribution in [2.75, 3.05) is 31.5 Å². The van der Waals surface area contributed by atoms with Crippen molar-refractivity contribution >= 4 is 11.6 Å². The third-order valence-corrected chi connectivity index (χ3v) is 3.72. The molecular formula is C15H23N3O. The van der Waals surface area contributed by atoms with Gasteiger partial charge in [0.05, 0.1) is 6.54 Å². The van der Waals surface area contributed by atoms with Crippen molar-refractivity contribution in [2.24, 2.45) is 0 Å². The van der Waals surface area contributed by atoms with Crippen LogP contribution in [0.25, 0.3) is 0 Å². The quantitative estimate of drug-likeness (QED) is 0.867. The van der Waals surface area contributed by atoms with Crippen molar-refractivity contribution in [1.29, 1.82) is 0 Å². The minimum Gasteiger partial charge on any atom is -0.376 e. The maximum atomic E-state index is 12.2. The molecule has 0 aromatic heterocycles. The fourth-order valence-electron chi connectivity index (χ4n) is 2.57. The van der Waals surface area contributed by atoms with Crippen LogP contribution in [0.15, 0.2) is 18.2 Å². The zero-order valence-corrected chi connectivity index (χ0v) is 12.0. The van der Waals surface area contributed by atoms with Gasteiger partial charge >= 0.3 is 0 Å². The first-order valence-corrected chi connectivity index (χ1v) is 6.90. The molecule has 1 atom stereocenters. The number of anilines is 1. The topological polar surface area (TPSA) is 44.4 Å². The van der Waals surface area contributed by atoms with Gasteiger partial charge in [-0.25, -0.2) is 0 Å². The van der Waals surface area contributed by atoms with Gasteiger partial charge in [0.2, 0.25) is 5.91 Å². The van der Waals surface area contributed by atoms with Gasteiger partial charge in [0.25, 0.3) is 0 Å². The molecule has 0 spiro atoms. The zero-order chi connectivity index (χ0) is 13.8. The van der Waals surface area contributed by atoms with Crippen LogP contribution in [-0.2, 0) is 4.79 Å². The minimum absolute atomic E-state index is 0.177. The molecule has 0 saturated carbocycles. The number of para-hydroxylation sites is 1. The highest BCUT2D eigenvalue weighted by Gasteiger charge is 2.22. The molecule has 1 amide bonds. The van der Waals surface area contributed by atoms with Crippen molar-refractivity contribution in [3.63, 3.8) is 0 Å².